The number of halogens is 1. The first-order valence-electron chi connectivity index (χ1n) is 6.10. The number of fused-ring (bicyclic) bond motifs is 1. The van der Waals surface area contributed by atoms with E-state index in [1.54, 1.807) is 12.1 Å². The first-order valence-corrected chi connectivity index (χ1v) is 6.10. The second kappa shape index (κ2) is 4.49. The molecule has 3 rings (SSSR count). The monoisotopic (exact) mass is 247 g/mol. The van der Waals surface area contributed by atoms with Crippen molar-refractivity contribution in [3.8, 4) is 11.4 Å². The van der Waals surface area contributed by atoms with Crippen molar-refractivity contribution in [2.24, 2.45) is 0 Å². The van der Waals surface area contributed by atoms with Crippen LogP contribution >= 0.6 is 0 Å². The molecule has 1 atom stereocenters. The highest BCUT2D eigenvalue weighted by atomic mass is 19.1. The summed E-state index contributed by atoms with van der Waals surface area (Å²) >= 11 is 0. The molecule has 1 N–H and O–H groups in total. The van der Waals surface area contributed by atoms with Crippen LogP contribution in [-0.4, -0.2) is 26.5 Å². The van der Waals surface area contributed by atoms with Gasteiger partial charge in [0, 0.05) is 12.0 Å². The van der Waals surface area contributed by atoms with Gasteiger partial charge in [-0.3, -0.25) is 0 Å². The third-order valence-electron chi connectivity index (χ3n) is 3.38. The maximum Gasteiger partial charge on any atom is 0.164 e. The Morgan fingerprint density at radius 2 is 2.06 bits per heavy atom. The molecule has 94 valence electrons. The van der Waals surface area contributed by atoms with Gasteiger partial charge in [-0.25, -0.2) is 4.39 Å². The third kappa shape index (κ3) is 1.80. The fourth-order valence-electron chi connectivity index (χ4n) is 2.47. The smallest absolute Gasteiger partial charge is 0.164 e. The molecule has 18 heavy (non-hydrogen) atoms. The SMILES string of the molecule is OCC1CCCc2nnc(-c3ccc(F)cc3)n21. The second-order valence-corrected chi connectivity index (χ2v) is 4.55. The molecule has 1 aliphatic rings. The second-order valence-electron chi connectivity index (χ2n) is 4.55. The fraction of sp³-hybridized carbons (Fsp3) is 0.385. The van der Waals surface area contributed by atoms with Crippen LogP contribution in [0.2, 0.25) is 0 Å². The van der Waals surface area contributed by atoms with Crippen molar-refractivity contribution in [1.29, 1.82) is 0 Å². The summed E-state index contributed by atoms with van der Waals surface area (Å²) in [6.07, 6.45) is 2.83. The first-order chi connectivity index (χ1) is 8.79. The summed E-state index contributed by atoms with van der Waals surface area (Å²) in [5, 5.41) is 17.8. The minimum Gasteiger partial charge on any atom is -0.394 e. The molecule has 0 saturated heterocycles. The largest absolute Gasteiger partial charge is 0.394 e. The van der Waals surface area contributed by atoms with E-state index in [1.165, 1.54) is 12.1 Å². The fourth-order valence-corrected chi connectivity index (χ4v) is 2.47. The summed E-state index contributed by atoms with van der Waals surface area (Å²) in [5.41, 5.74) is 0.829. The summed E-state index contributed by atoms with van der Waals surface area (Å²) in [7, 11) is 0. The highest BCUT2D eigenvalue weighted by molar-refractivity contribution is 5.55. The molecule has 1 aliphatic heterocycles. The summed E-state index contributed by atoms with van der Waals surface area (Å²) in [5.74, 6) is 1.35. The Labute approximate surface area is 104 Å². The van der Waals surface area contributed by atoms with Crippen LogP contribution in [0, 0.1) is 5.82 Å². The molecule has 1 unspecified atom stereocenters. The van der Waals surface area contributed by atoms with Gasteiger partial charge in [0.1, 0.15) is 11.6 Å². The van der Waals surface area contributed by atoms with Crippen LogP contribution in [-0.2, 0) is 6.42 Å². The molecule has 0 amide bonds. The molecule has 2 heterocycles. The Balaban J connectivity index is 2.08. The van der Waals surface area contributed by atoms with Gasteiger partial charge in [-0.15, -0.1) is 10.2 Å². The first kappa shape index (κ1) is 11.3. The molecule has 0 saturated carbocycles. The van der Waals surface area contributed by atoms with Crippen molar-refractivity contribution in [1.82, 2.24) is 14.8 Å². The Morgan fingerprint density at radius 3 is 2.78 bits per heavy atom. The van der Waals surface area contributed by atoms with Crippen LogP contribution in [0.25, 0.3) is 11.4 Å². The average Bonchev–Trinajstić information content (AvgIpc) is 2.83. The molecular weight excluding hydrogens is 233 g/mol. The van der Waals surface area contributed by atoms with Crippen LogP contribution < -0.4 is 0 Å². The van der Waals surface area contributed by atoms with Crippen LogP contribution in [0.5, 0.6) is 0 Å². The maximum absolute atomic E-state index is 12.9. The lowest BCUT2D eigenvalue weighted by atomic mass is 10.0. The highest BCUT2D eigenvalue weighted by Crippen LogP contribution is 2.29. The average molecular weight is 247 g/mol. The van der Waals surface area contributed by atoms with Crippen molar-refractivity contribution < 1.29 is 9.50 Å². The summed E-state index contributed by atoms with van der Waals surface area (Å²) in [4.78, 5) is 0. The Bertz CT molecular complexity index is 550. The number of rotatable bonds is 2. The van der Waals surface area contributed by atoms with Crippen molar-refractivity contribution >= 4 is 0 Å². The van der Waals surface area contributed by atoms with E-state index in [4.69, 9.17) is 0 Å². The van der Waals surface area contributed by atoms with Crippen LogP contribution in [0.4, 0.5) is 4.39 Å². The summed E-state index contributed by atoms with van der Waals surface area (Å²) in [6.45, 7) is 0.0826. The number of nitrogens with zero attached hydrogens (tertiary/aromatic N) is 3. The molecule has 0 spiro atoms. The van der Waals surface area contributed by atoms with Gasteiger partial charge >= 0.3 is 0 Å². The Morgan fingerprint density at radius 1 is 1.28 bits per heavy atom. The van der Waals surface area contributed by atoms with Gasteiger partial charge in [0.15, 0.2) is 5.82 Å². The molecule has 0 aliphatic carbocycles. The minimum absolute atomic E-state index is 0.0313. The number of aliphatic hydroxyl groups is 1. The van der Waals surface area contributed by atoms with E-state index in [0.29, 0.717) is 5.82 Å². The van der Waals surface area contributed by atoms with Gasteiger partial charge in [0.25, 0.3) is 0 Å². The molecule has 0 radical (unpaired) electrons. The molecule has 0 fully saturated rings. The molecule has 1 aromatic heterocycles. The van der Waals surface area contributed by atoms with E-state index in [2.05, 4.69) is 10.2 Å². The number of benzene rings is 1. The zero-order valence-electron chi connectivity index (χ0n) is 9.88. The normalized spacial score (nSPS) is 18.7. The molecule has 1 aromatic carbocycles. The lowest BCUT2D eigenvalue weighted by Crippen LogP contribution is -2.21. The Kier molecular flexibility index (Phi) is 2.83. The zero-order chi connectivity index (χ0) is 12.5. The predicted octanol–water partition coefficient (Wildman–Crippen LogP) is 1.95. The molecule has 4 nitrogen and oxygen atoms in total. The number of hydrogen-bond donors (Lipinski definition) is 1. The molecular formula is C13H14FN3O. The minimum atomic E-state index is -0.268. The topological polar surface area (TPSA) is 50.9 Å². The number of hydrogen-bond acceptors (Lipinski definition) is 3. The number of aromatic nitrogens is 3. The maximum atomic E-state index is 12.9. The quantitative estimate of drug-likeness (QED) is 0.882. The number of aliphatic hydroxyl groups excluding tert-OH is 1. The van der Waals surface area contributed by atoms with Crippen molar-refractivity contribution in [3.05, 3.63) is 35.9 Å². The predicted molar refractivity (Wildman–Crippen MR) is 64.5 cm³/mol. The van der Waals surface area contributed by atoms with Crippen molar-refractivity contribution in [2.45, 2.75) is 25.3 Å². The van der Waals surface area contributed by atoms with E-state index < -0.39 is 0 Å². The molecule has 2 aromatic rings. The van der Waals surface area contributed by atoms with Crippen molar-refractivity contribution in [2.75, 3.05) is 6.61 Å². The van der Waals surface area contributed by atoms with E-state index in [1.807, 2.05) is 4.57 Å². The highest BCUT2D eigenvalue weighted by Gasteiger charge is 2.24. The standard InChI is InChI=1S/C13H14FN3O/c14-10-6-4-9(5-7-10)13-16-15-12-3-1-2-11(8-18)17(12)13/h4-7,11,18H,1-3,8H2. The van der Waals surface area contributed by atoms with E-state index in [-0.39, 0.29) is 18.5 Å². The van der Waals surface area contributed by atoms with Gasteiger partial charge < -0.3 is 9.67 Å². The molecule has 0 bridgehead atoms. The van der Waals surface area contributed by atoms with Gasteiger partial charge in [-0.05, 0) is 37.1 Å². The number of aryl methyl sites for hydroxylation is 1. The van der Waals surface area contributed by atoms with Gasteiger partial charge in [0.05, 0.1) is 12.6 Å². The summed E-state index contributed by atoms with van der Waals surface area (Å²) in [6, 6.07) is 6.23. The van der Waals surface area contributed by atoms with Crippen LogP contribution in [0.1, 0.15) is 24.7 Å². The Hall–Kier alpha value is -1.75. The zero-order valence-corrected chi connectivity index (χ0v) is 9.88. The van der Waals surface area contributed by atoms with Crippen LogP contribution in [0.3, 0.4) is 0 Å². The van der Waals surface area contributed by atoms with E-state index in [0.717, 1.165) is 30.7 Å². The van der Waals surface area contributed by atoms with Crippen LogP contribution in [0.15, 0.2) is 24.3 Å². The lowest BCUT2D eigenvalue weighted by molar-refractivity contribution is 0.207. The lowest BCUT2D eigenvalue weighted by Gasteiger charge is -2.24. The molecule has 5 heteroatoms. The van der Waals surface area contributed by atoms with Gasteiger partial charge in [0.2, 0.25) is 0 Å². The van der Waals surface area contributed by atoms with E-state index in [9.17, 15) is 9.50 Å². The van der Waals surface area contributed by atoms with E-state index >= 15 is 0 Å². The van der Waals surface area contributed by atoms with Gasteiger partial charge in [-0.1, -0.05) is 0 Å². The van der Waals surface area contributed by atoms with Crippen molar-refractivity contribution in [3.63, 3.8) is 0 Å². The van der Waals surface area contributed by atoms with Gasteiger partial charge in [-0.2, -0.15) is 0 Å². The summed E-state index contributed by atoms with van der Waals surface area (Å²) < 4.78 is 14.9. The third-order valence-corrected chi connectivity index (χ3v) is 3.38.